The van der Waals surface area contributed by atoms with Gasteiger partial charge < -0.3 is 16.0 Å². The van der Waals surface area contributed by atoms with Crippen molar-refractivity contribution in [2.24, 2.45) is 5.73 Å². The van der Waals surface area contributed by atoms with Crippen molar-refractivity contribution in [2.75, 3.05) is 0 Å². The molecule has 0 aliphatic carbocycles. The van der Waals surface area contributed by atoms with E-state index in [1.807, 2.05) is 6.07 Å². The topological polar surface area (TPSA) is 53.8 Å². The lowest BCUT2D eigenvalue weighted by molar-refractivity contribution is 0.590. The highest BCUT2D eigenvalue weighted by atomic mass is 14.9. The van der Waals surface area contributed by atoms with Crippen LogP contribution in [0.1, 0.15) is 25.0 Å². The largest absolute Gasteiger partial charge is 0.361 e. The molecule has 1 aromatic heterocycles. The van der Waals surface area contributed by atoms with Crippen LogP contribution in [0.25, 0.3) is 10.9 Å². The third-order valence-corrected chi connectivity index (χ3v) is 2.79. The van der Waals surface area contributed by atoms with Gasteiger partial charge in [0.15, 0.2) is 0 Å². The highest BCUT2D eigenvalue weighted by Crippen LogP contribution is 2.22. The number of hydrogen-bond donors (Lipinski definition) is 3. The van der Waals surface area contributed by atoms with Crippen LogP contribution in [-0.2, 0) is 13.1 Å². The maximum Gasteiger partial charge on any atom is 0.0460 e. The Morgan fingerprint density at radius 1 is 1.31 bits per heavy atom. The van der Waals surface area contributed by atoms with Gasteiger partial charge in [0.2, 0.25) is 0 Å². The van der Waals surface area contributed by atoms with E-state index in [2.05, 4.69) is 42.5 Å². The monoisotopic (exact) mass is 217 g/mol. The third kappa shape index (κ3) is 2.10. The summed E-state index contributed by atoms with van der Waals surface area (Å²) in [4.78, 5) is 3.29. The molecule has 0 unspecified atom stereocenters. The number of H-pyrrole nitrogens is 1. The van der Waals surface area contributed by atoms with Crippen LogP contribution < -0.4 is 11.1 Å². The summed E-state index contributed by atoms with van der Waals surface area (Å²) >= 11 is 0. The molecule has 2 rings (SSSR count). The highest BCUT2D eigenvalue weighted by Gasteiger charge is 2.07. The first-order valence-electron chi connectivity index (χ1n) is 5.73. The lowest BCUT2D eigenvalue weighted by atomic mass is 10.1. The van der Waals surface area contributed by atoms with Gasteiger partial charge in [-0.05, 0) is 17.2 Å². The third-order valence-electron chi connectivity index (χ3n) is 2.79. The van der Waals surface area contributed by atoms with Crippen molar-refractivity contribution in [1.82, 2.24) is 10.3 Å². The number of nitrogens with two attached hydrogens (primary N) is 1. The van der Waals surface area contributed by atoms with Gasteiger partial charge in [-0.2, -0.15) is 0 Å². The summed E-state index contributed by atoms with van der Waals surface area (Å²) in [6.45, 7) is 5.77. The molecule has 0 aliphatic heterocycles. The molecule has 0 bridgehead atoms. The molecule has 0 fully saturated rings. The van der Waals surface area contributed by atoms with Crippen molar-refractivity contribution in [3.8, 4) is 0 Å². The van der Waals surface area contributed by atoms with Crippen molar-refractivity contribution in [1.29, 1.82) is 0 Å². The van der Waals surface area contributed by atoms with E-state index < -0.39 is 0 Å². The summed E-state index contributed by atoms with van der Waals surface area (Å²) < 4.78 is 0. The van der Waals surface area contributed by atoms with E-state index in [-0.39, 0.29) is 0 Å². The number of benzene rings is 1. The fourth-order valence-electron chi connectivity index (χ4n) is 1.96. The smallest absolute Gasteiger partial charge is 0.0460 e. The molecule has 3 nitrogen and oxygen atoms in total. The molecular weight excluding hydrogens is 198 g/mol. The first-order chi connectivity index (χ1) is 7.72. The normalized spacial score (nSPS) is 11.5. The number of aromatic amines is 1. The number of rotatable bonds is 4. The Morgan fingerprint density at radius 2 is 2.12 bits per heavy atom. The Balaban J connectivity index is 2.38. The Morgan fingerprint density at radius 3 is 2.81 bits per heavy atom. The summed E-state index contributed by atoms with van der Waals surface area (Å²) in [6.07, 6.45) is 2.07. The number of aromatic nitrogens is 1. The molecule has 1 heterocycles. The van der Waals surface area contributed by atoms with Crippen molar-refractivity contribution in [2.45, 2.75) is 33.0 Å². The molecule has 0 radical (unpaired) electrons. The SMILES string of the molecule is CC(C)NCc1c[nH]c2cccc(CN)c12. The van der Waals surface area contributed by atoms with Gasteiger partial charge in [-0.25, -0.2) is 0 Å². The minimum absolute atomic E-state index is 0.495. The molecule has 2 aromatic rings. The molecule has 16 heavy (non-hydrogen) atoms. The van der Waals surface area contributed by atoms with Gasteiger partial charge in [-0.15, -0.1) is 0 Å². The quantitative estimate of drug-likeness (QED) is 0.734. The summed E-state index contributed by atoms with van der Waals surface area (Å²) in [5, 5.41) is 4.71. The van der Waals surface area contributed by atoms with Crippen LogP contribution in [0.3, 0.4) is 0 Å². The fourth-order valence-corrected chi connectivity index (χ4v) is 1.96. The Labute approximate surface area is 96.0 Å². The van der Waals surface area contributed by atoms with Crippen molar-refractivity contribution >= 4 is 10.9 Å². The predicted octanol–water partition coefficient (Wildman–Crippen LogP) is 2.12. The maximum absolute atomic E-state index is 5.77. The zero-order valence-electron chi connectivity index (χ0n) is 9.88. The second-order valence-electron chi connectivity index (χ2n) is 4.39. The molecule has 0 aliphatic rings. The van der Waals surface area contributed by atoms with E-state index in [1.165, 1.54) is 22.0 Å². The minimum atomic E-state index is 0.495. The van der Waals surface area contributed by atoms with Gasteiger partial charge >= 0.3 is 0 Å². The van der Waals surface area contributed by atoms with E-state index in [0.29, 0.717) is 12.6 Å². The first-order valence-corrected chi connectivity index (χ1v) is 5.73. The van der Waals surface area contributed by atoms with Crippen molar-refractivity contribution < 1.29 is 0 Å². The zero-order chi connectivity index (χ0) is 11.5. The predicted molar refractivity (Wildman–Crippen MR) is 68.2 cm³/mol. The fraction of sp³-hybridized carbons (Fsp3) is 0.385. The second-order valence-corrected chi connectivity index (χ2v) is 4.39. The Bertz CT molecular complexity index is 471. The van der Waals surface area contributed by atoms with Crippen LogP contribution in [0.15, 0.2) is 24.4 Å². The maximum atomic E-state index is 5.77. The summed E-state index contributed by atoms with van der Waals surface area (Å²) in [5.74, 6) is 0. The van der Waals surface area contributed by atoms with Crippen molar-refractivity contribution in [3.63, 3.8) is 0 Å². The molecule has 4 N–H and O–H groups in total. The summed E-state index contributed by atoms with van der Waals surface area (Å²) in [6, 6.07) is 6.72. The van der Waals surface area contributed by atoms with E-state index in [9.17, 15) is 0 Å². The number of hydrogen-bond acceptors (Lipinski definition) is 2. The average molecular weight is 217 g/mol. The van der Waals surface area contributed by atoms with Crippen LogP contribution in [0.5, 0.6) is 0 Å². The molecule has 0 atom stereocenters. The molecule has 0 saturated heterocycles. The van der Waals surface area contributed by atoms with Crippen LogP contribution in [0, 0.1) is 0 Å². The summed E-state index contributed by atoms with van der Waals surface area (Å²) in [5.41, 5.74) is 9.44. The molecule has 1 aromatic carbocycles. The van der Waals surface area contributed by atoms with Crippen molar-refractivity contribution in [3.05, 3.63) is 35.5 Å². The molecule has 3 heteroatoms. The lowest BCUT2D eigenvalue weighted by Crippen LogP contribution is -2.21. The Hall–Kier alpha value is -1.32. The lowest BCUT2D eigenvalue weighted by Gasteiger charge is -2.08. The molecule has 0 spiro atoms. The van der Waals surface area contributed by atoms with E-state index in [4.69, 9.17) is 5.73 Å². The van der Waals surface area contributed by atoms with Gasteiger partial charge in [0.1, 0.15) is 0 Å². The van der Waals surface area contributed by atoms with Gasteiger partial charge in [0, 0.05) is 36.2 Å². The Kier molecular flexibility index (Phi) is 3.27. The van der Waals surface area contributed by atoms with E-state index in [0.717, 1.165) is 6.54 Å². The second kappa shape index (κ2) is 4.68. The van der Waals surface area contributed by atoms with Gasteiger partial charge in [0.05, 0.1) is 0 Å². The van der Waals surface area contributed by atoms with E-state index >= 15 is 0 Å². The molecule has 86 valence electrons. The van der Waals surface area contributed by atoms with Crippen LogP contribution in [0.2, 0.25) is 0 Å². The molecular formula is C13H19N3. The number of fused-ring (bicyclic) bond motifs is 1. The van der Waals surface area contributed by atoms with Crippen LogP contribution in [-0.4, -0.2) is 11.0 Å². The molecule has 0 saturated carbocycles. The zero-order valence-corrected chi connectivity index (χ0v) is 9.88. The van der Waals surface area contributed by atoms with E-state index in [1.54, 1.807) is 0 Å². The summed E-state index contributed by atoms with van der Waals surface area (Å²) in [7, 11) is 0. The number of nitrogens with one attached hydrogen (secondary N) is 2. The minimum Gasteiger partial charge on any atom is -0.361 e. The van der Waals surface area contributed by atoms with Gasteiger partial charge in [-0.3, -0.25) is 0 Å². The van der Waals surface area contributed by atoms with Gasteiger partial charge in [-0.1, -0.05) is 26.0 Å². The standard InChI is InChI=1S/C13H19N3/c1-9(2)15-7-11-8-16-12-5-3-4-10(6-14)13(11)12/h3-5,8-9,15-16H,6-7,14H2,1-2H3. The molecule has 0 amide bonds. The average Bonchev–Trinajstić information content (AvgIpc) is 2.69. The van der Waals surface area contributed by atoms with Gasteiger partial charge in [0.25, 0.3) is 0 Å². The van der Waals surface area contributed by atoms with Crippen LogP contribution >= 0.6 is 0 Å². The first kappa shape index (κ1) is 11.2. The van der Waals surface area contributed by atoms with Crippen LogP contribution in [0.4, 0.5) is 0 Å². The highest BCUT2D eigenvalue weighted by molar-refractivity contribution is 5.86.